The van der Waals surface area contributed by atoms with Gasteiger partial charge in [0, 0.05) is 31.8 Å². The fraction of sp³-hybridized carbons (Fsp3) is 0.227. The van der Waals surface area contributed by atoms with Gasteiger partial charge in [-0.3, -0.25) is 4.79 Å². The summed E-state index contributed by atoms with van der Waals surface area (Å²) < 4.78 is 54.7. The lowest BCUT2D eigenvalue weighted by molar-refractivity contribution is -0.139. The number of carbonyl (C=O) groups excluding carboxylic acids is 2. The van der Waals surface area contributed by atoms with Gasteiger partial charge in [-0.15, -0.1) is 0 Å². The molecule has 0 spiro atoms. The van der Waals surface area contributed by atoms with Crippen molar-refractivity contribution < 1.29 is 27.2 Å². The average molecular weight is 444 g/mol. The van der Waals surface area contributed by atoms with E-state index in [0.29, 0.717) is 30.6 Å². The summed E-state index contributed by atoms with van der Waals surface area (Å²) >= 11 is 0. The van der Waals surface area contributed by atoms with Crippen molar-refractivity contribution in [1.82, 2.24) is 9.91 Å². The summed E-state index contributed by atoms with van der Waals surface area (Å²) in [6.45, 7) is 0.601. The Morgan fingerprint density at radius 2 is 1.84 bits per heavy atom. The van der Waals surface area contributed by atoms with Gasteiger partial charge in [-0.05, 0) is 41.0 Å². The molecule has 32 heavy (non-hydrogen) atoms. The van der Waals surface area contributed by atoms with Crippen LogP contribution < -0.4 is 5.32 Å². The number of nitrogens with zero attached hydrogens (tertiary/aromatic N) is 3. The maximum atomic E-state index is 13.8. The fourth-order valence-corrected chi connectivity index (χ4v) is 4.05. The number of urea groups is 1. The second-order valence-electron chi connectivity index (χ2n) is 7.87. The third-order valence-corrected chi connectivity index (χ3v) is 5.64. The van der Waals surface area contributed by atoms with Crippen LogP contribution in [-0.4, -0.2) is 41.2 Å². The number of anilines is 1. The van der Waals surface area contributed by atoms with Crippen molar-refractivity contribution >= 4 is 29.9 Å². The van der Waals surface area contributed by atoms with Gasteiger partial charge in [-0.2, -0.15) is 13.9 Å². The number of carbonyl (C=O) groups is 2. The normalized spacial score (nSPS) is 20.8. The van der Waals surface area contributed by atoms with E-state index in [2.05, 4.69) is 10.4 Å². The van der Waals surface area contributed by atoms with E-state index in [9.17, 15) is 27.2 Å². The van der Waals surface area contributed by atoms with E-state index < -0.39 is 35.5 Å². The number of benzene rings is 2. The molecular weight excluding hydrogens is 428 g/mol. The van der Waals surface area contributed by atoms with Crippen LogP contribution in [0.15, 0.2) is 47.1 Å². The number of alkyl halides is 2. The van der Waals surface area contributed by atoms with E-state index in [0.717, 1.165) is 11.6 Å². The van der Waals surface area contributed by atoms with Crippen LogP contribution in [0.2, 0.25) is 0 Å². The van der Waals surface area contributed by atoms with E-state index in [-0.39, 0.29) is 11.3 Å². The molecule has 2 aromatic rings. The minimum absolute atomic E-state index is 0.0678. The molecule has 3 amide bonds. The first-order valence-electron chi connectivity index (χ1n) is 9.82. The zero-order valence-corrected chi connectivity index (χ0v) is 16.5. The van der Waals surface area contributed by atoms with Crippen molar-refractivity contribution in [1.29, 1.82) is 0 Å². The maximum Gasteiger partial charge on any atom is 0.352 e. The molecule has 0 aliphatic carbocycles. The largest absolute Gasteiger partial charge is 0.352 e. The summed E-state index contributed by atoms with van der Waals surface area (Å²) in [6, 6.07) is 6.30. The van der Waals surface area contributed by atoms with Gasteiger partial charge in [0.2, 0.25) is 0 Å². The van der Waals surface area contributed by atoms with E-state index in [1.54, 1.807) is 6.08 Å². The van der Waals surface area contributed by atoms with Crippen molar-refractivity contribution in [2.75, 3.05) is 18.4 Å². The summed E-state index contributed by atoms with van der Waals surface area (Å²) in [5.41, 5.74) is 1.53. The van der Waals surface area contributed by atoms with Gasteiger partial charge in [0.1, 0.15) is 11.6 Å². The van der Waals surface area contributed by atoms with Crippen molar-refractivity contribution in [3.05, 3.63) is 70.3 Å². The molecule has 6 nitrogen and oxygen atoms in total. The van der Waals surface area contributed by atoms with Gasteiger partial charge in [-0.25, -0.2) is 18.6 Å². The van der Waals surface area contributed by atoms with Crippen LogP contribution in [0, 0.1) is 11.6 Å². The highest BCUT2D eigenvalue weighted by molar-refractivity contribution is 6.04. The molecule has 1 fully saturated rings. The molecule has 3 heterocycles. The first kappa shape index (κ1) is 20.2. The maximum absolute atomic E-state index is 13.8. The number of hydrogen-bond donors (Lipinski definition) is 1. The molecule has 1 N–H and O–H groups in total. The third kappa shape index (κ3) is 3.31. The molecule has 164 valence electrons. The molecule has 0 bridgehead atoms. The molecule has 2 aromatic carbocycles. The van der Waals surface area contributed by atoms with E-state index >= 15 is 0 Å². The highest BCUT2D eigenvalue weighted by atomic mass is 19.3. The van der Waals surface area contributed by atoms with Crippen molar-refractivity contribution in [3.63, 3.8) is 0 Å². The zero-order chi connectivity index (χ0) is 22.6. The topological polar surface area (TPSA) is 65.0 Å². The molecule has 0 aromatic heterocycles. The number of rotatable bonds is 2. The van der Waals surface area contributed by atoms with Crippen molar-refractivity contribution in [2.24, 2.45) is 5.10 Å². The molecule has 1 unspecified atom stereocenters. The lowest BCUT2D eigenvalue weighted by Gasteiger charge is -2.37. The summed E-state index contributed by atoms with van der Waals surface area (Å²) in [6.07, 6.45) is 3.63. The SMILES string of the molecule is O=C(N1CC(=Cc2ccc3c(c2)NC(=O)C3(F)F)C1)N1N=CCC1c1cc(F)cc(F)c1. The van der Waals surface area contributed by atoms with Gasteiger partial charge >= 0.3 is 12.0 Å². The number of fused-ring (bicyclic) bond motifs is 1. The third-order valence-electron chi connectivity index (χ3n) is 5.64. The first-order valence-corrected chi connectivity index (χ1v) is 9.82. The van der Waals surface area contributed by atoms with Crippen molar-refractivity contribution in [3.8, 4) is 0 Å². The molecule has 1 saturated heterocycles. The minimum atomic E-state index is -3.54. The Kier molecular flexibility index (Phi) is 4.54. The van der Waals surface area contributed by atoms with E-state index in [1.165, 1.54) is 46.5 Å². The van der Waals surface area contributed by atoms with Gasteiger partial charge in [-0.1, -0.05) is 12.1 Å². The molecule has 0 saturated carbocycles. The monoisotopic (exact) mass is 444 g/mol. The molecule has 1 atom stereocenters. The standard InChI is InChI=1S/C22H16F4N4O2/c23-15-7-14(8-16(24)9-15)19-3-4-27-30(19)21(32)29-10-13(11-29)5-12-1-2-17-18(6-12)28-20(31)22(17,25)26/h1-2,4-9,19H,3,10-11H2,(H,28,31). The Morgan fingerprint density at radius 3 is 2.56 bits per heavy atom. The lowest BCUT2D eigenvalue weighted by Crippen LogP contribution is -2.49. The average Bonchev–Trinajstić information content (AvgIpc) is 3.26. The summed E-state index contributed by atoms with van der Waals surface area (Å²) in [5, 5.41) is 7.44. The van der Waals surface area contributed by atoms with Crippen LogP contribution in [0.5, 0.6) is 0 Å². The summed E-state index contributed by atoms with van der Waals surface area (Å²) in [7, 11) is 0. The first-order chi connectivity index (χ1) is 15.2. The van der Waals surface area contributed by atoms with Gasteiger partial charge in [0.25, 0.3) is 5.91 Å². The Balaban J connectivity index is 1.27. The highest BCUT2D eigenvalue weighted by Crippen LogP contribution is 2.41. The van der Waals surface area contributed by atoms with Gasteiger partial charge in [0.15, 0.2) is 0 Å². The molecule has 5 rings (SSSR count). The number of hydrazone groups is 1. The van der Waals surface area contributed by atoms with E-state index in [1.807, 2.05) is 0 Å². The molecule has 0 radical (unpaired) electrons. The van der Waals surface area contributed by atoms with Crippen LogP contribution in [-0.2, 0) is 10.7 Å². The predicted molar refractivity (Wildman–Crippen MR) is 108 cm³/mol. The zero-order valence-electron chi connectivity index (χ0n) is 16.5. The number of amides is 3. The van der Waals surface area contributed by atoms with Gasteiger partial charge in [0.05, 0.1) is 17.3 Å². The number of likely N-dealkylation sites (tertiary alicyclic amines) is 1. The van der Waals surface area contributed by atoms with Gasteiger partial charge < -0.3 is 10.2 Å². The molecule has 3 aliphatic heterocycles. The van der Waals surface area contributed by atoms with Crippen LogP contribution in [0.1, 0.15) is 29.2 Å². The molecular formula is C22H16F4N4O2. The summed E-state index contributed by atoms with van der Waals surface area (Å²) in [5.74, 6) is -6.34. The van der Waals surface area contributed by atoms with Crippen LogP contribution in [0.3, 0.4) is 0 Å². The van der Waals surface area contributed by atoms with Crippen LogP contribution in [0.25, 0.3) is 6.08 Å². The highest BCUT2D eigenvalue weighted by Gasteiger charge is 2.48. The second kappa shape index (κ2) is 7.18. The molecule has 10 heteroatoms. The Bertz CT molecular complexity index is 1180. The molecule has 3 aliphatic rings. The fourth-order valence-electron chi connectivity index (χ4n) is 4.05. The smallest absolute Gasteiger partial charge is 0.320 e. The number of nitrogens with one attached hydrogen (secondary N) is 1. The Morgan fingerprint density at radius 1 is 1.12 bits per heavy atom. The lowest BCUT2D eigenvalue weighted by atomic mass is 10.0. The van der Waals surface area contributed by atoms with Crippen LogP contribution >= 0.6 is 0 Å². The summed E-state index contributed by atoms with van der Waals surface area (Å²) in [4.78, 5) is 25.7. The van der Waals surface area contributed by atoms with Crippen LogP contribution in [0.4, 0.5) is 28.0 Å². The van der Waals surface area contributed by atoms with E-state index in [4.69, 9.17) is 0 Å². The Hall–Kier alpha value is -3.69. The minimum Gasteiger partial charge on any atom is -0.320 e. The van der Waals surface area contributed by atoms with Crippen molar-refractivity contribution in [2.45, 2.75) is 18.4 Å². The quantitative estimate of drug-likeness (QED) is 0.704. The second-order valence-corrected chi connectivity index (χ2v) is 7.87. The predicted octanol–water partition coefficient (Wildman–Crippen LogP) is 4.26. The Labute approximate surface area is 179 Å². The number of hydrogen-bond acceptors (Lipinski definition) is 3. The number of halogens is 4.